The summed E-state index contributed by atoms with van der Waals surface area (Å²) in [6.45, 7) is 1.34. The number of carbonyl (C=O) groups is 2. The van der Waals surface area contributed by atoms with Gasteiger partial charge in [0.2, 0.25) is 0 Å². The van der Waals surface area contributed by atoms with Crippen molar-refractivity contribution in [2.75, 3.05) is 27.2 Å². The second kappa shape index (κ2) is 9.35. The number of hydrogen-bond acceptors (Lipinski definition) is 3. The van der Waals surface area contributed by atoms with E-state index in [1.807, 2.05) is 79.8 Å². The van der Waals surface area contributed by atoms with Gasteiger partial charge in [0.25, 0.3) is 11.7 Å². The summed E-state index contributed by atoms with van der Waals surface area (Å²) in [6, 6.07) is 17.3. The van der Waals surface area contributed by atoms with Crippen LogP contribution in [0.2, 0.25) is 0 Å². The summed E-state index contributed by atoms with van der Waals surface area (Å²) >= 11 is 0. The highest BCUT2D eigenvalue weighted by molar-refractivity contribution is 6.43. The minimum absolute atomic E-state index is 0. The number of nitrogens with zero attached hydrogens (tertiary/aromatic N) is 2. The fourth-order valence-electron chi connectivity index (χ4n) is 2.98. The first-order valence-corrected chi connectivity index (χ1v) is 8.70. The molecule has 0 atom stereocenters. The lowest BCUT2D eigenvalue weighted by atomic mass is 10.0. The first-order chi connectivity index (χ1) is 12.6. The van der Waals surface area contributed by atoms with Gasteiger partial charge in [0.05, 0.1) is 0 Å². The Morgan fingerprint density at radius 2 is 1.74 bits per heavy atom. The molecule has 2 aromatic heterocycles. The summed E-state index contributed by atoms with van der Waals surface area (Å²) in [7, 11) is 3.96. The highest BCUT2D eigenvalue weighted by Gasteiger charge is 2.24. The second-order valence-electron chi connectivity index (χ2n) is 6.51. The number of Topliss-reactive ketones (excluding diaryl/α,β-unsaturated/α-hetero) is 1. The fraction of sp³-hybridized carbons (Fsp3) is 0.238. The summed E-state index contributed by atoms with van der Waals surface area (Å²) in [5, 5.41) is 2.74. The van der Waals surface area contributed by atoms with Crippen molar-refractivity contribution in [1.82, 2.24) is 14.6 Å². The van der Waals surface area contributed by atoms with Crippen molar-refractivity contribution in [3.63, 3.8) is 0 Å². The maximum atomic E-state index is 12.9. The summed E-state index contributed by atoms with van der Waals surface area (Å²) in [5.74, 6) is -1.08. The molecule has 0 spiro atoms. The summed E-state index contributed by atoms with van der Waals surface area (Å²) in [5.41, 5.74) is 2.97. The molecule has 3 rings (SSSR count). The second-order valence-corrected chi connectivity index (χ2v) is 6.51. The molecule has 0 unspecified atom stereocenters. The highest BCUT2D eigenvalue weighted by atomic mass is 35.5. The molecule has 0 aliphatic carbocycles. The Bertz CT molecular complexity index is 920. The van der Waals surface area contributed by atoms with Crippen molar-refractivity contribution >= 4 is 29.6 Å². The first-order valence-electron chi connectivity index (χ1n) is 8.70. The van der Waals surface area contributed by atoms with Crippen LogP contribution in [0.3, 0.4) is 0 Å². The predicted molar refractivity (Wildman–Crippen MR) is 111 cm³/mol. The lowest BCUT2D eigenvalue weighted by Crippen LogP contribution is -2.33. The monoisotopic (exact) mass is 385 g/mol. The molecule has 0 saturated carbocycles. The molecule has 5 nitrogen and oxygen atoms in total. The Kier molecular flexibility index (Phi) is 7.16. The van der Waals surface area contributed by atoms with E-state index in [0.29, 0.717) is 12.2 Å². The van der Waals surface area contributed by atoms with Gasteiger partial charge in [0.1, 0.15) is 5.69 Å². The van der Waals surface area contributed by atoms with Crippen LogP contribution in [0.4, 0.5) is 0 Å². The van der Waals surface area contributed by atoms with E-state index in [0.717, 1.165) is 29.6 Å². The number of aromatic nitrogens is 1. The zero-order valence-electron chi connectivity index (χ0n) is 15.5. The van der Waals surface area contributed by atoms with Gasteiger partial charge >= 0.3 is 0 Å². The molecule has 142 valence electrons. The molecular weight excluding hydrogens is 362 g/mol. The number of fused-ring (bicyclic) bond motifs is 1. The smallest absolute Gasteiger partial charge is 0.294 e. The van der Waals surface area contributed by atoms with E-state index in [-0.39, 0.29) is 12.4 Å². The van der Waals surface area contributed by atoms with Crippen LogP contribution < -0.4 is 5.32 Å². The Labute approximate surface area is 165 Å². The maximum Gasteiger partial charge on any atom is 0.294 e. The number of hydrogen-bond donors (Lipinski definition) is 1. The van der Waals surface area contributed by atoms with Crippen LogP contribution in [0.25, 0.3) is 16.6 Å². The molecule has 0 fully saturated rings. The van der Waals surface area contributed by atoms with Crippen LogP contribution in [0.15, 0.2) is 60.8 Å². The first kappa shape index (κ1) is 20.7. The Hall–Kier alpha value is -2.63. The third-order valence-corrected chi connectivity index (χ3v) is 4.25. The number of pyridine rings is 1. The average Bonchev–Trinajstić information content (AvgIpc) is 3.04. The van der Waals surface area contributed by atoms with Crippen LogP contribution in [0.1, 0.15) is 16.9 Å². The molecule has 0 radical (unpaired) electrons. The molecule has 27 heavy (non-hydrogen) atoms. The van der Waals surface area contributed by atoms with Crippen molar-refractivity contribution < 1.29 is 9.59 Å². The van der Waals surface area contributed by atoms with Gasteiger partial charge in [0, 0.05) is 23.8 Å². The Morgan fingerprint density at radius 3 is 2.44 bits per heavy atom. The number of carbonyl (C=O) groups excluding carboxylic acids is 2. The third kappa shape index (κ3) is 4.76. The topological polar surface area (TPSA) is 53.8 Å². The molecule has 0 aliphatic rings. The van der Waals surface area contributed by atoms with Crippen LogP contribution in [0.5, 0.6) is 0 Å². The Morgan fingerprint density at radius 1 is 1.04 bits per heavy atom. The van der Waals surface area contributed by atoms with E-state index in [1.165, 1.54) is 0 Å². The number of amides is 1. The van der Waals surface area contributed by atoms with E-state index < -0.39 is 11.7 Å². The number of benzene rings is 1. The lowest BCUT2D eigenvalue weighted by Gasteiger charge is -2.10. The number of nitrogens with one attached hydrogen (secondary N) is 1. The third-order valence-electron chi connectivity index (χ3n) is 4.25. The number of ketones is 1. The van der Waals surface area contributed by atoms with E-state index in [9.17, 15) is 9.59 Å². The molecule has 1 aromatic carbocycles. The Balaban J connectivity index is 0.00000261. The highest BCUT2D eigenvalue weighted by Crippen LogP contribution is 2.28. The molecule has 3 aromatic rings. The summed E-state index contributed by atoms with van der Waals surface area (Å²) < 4.78 is 1.78. The molecule has 0 bridgehead atoms. The van der Waals surface area contributed by atoms with Crippen LogP contribution >= 0.6 is 12.4 Å². The van der Waals surface area contributed by atoms with Crippen molar-refractivity contribution in [1.29, 1.82) is 0 Å². The van der Waals surface area contributed by atoms with Crippen LogP contribution in [-0.2, 0) is 4.79 Å². The zero-order valence-corrected chi connectivity index (χ0v) is 16.3. The summed E-state index contributed by atoms with van der Waals surface area (Å²) in [6.07, 6.45) is 2.61. The SMILES string of the molecule is CN(C)CCCNC(=O)C(=O)c1c(-c2ccccc2)cc2ccccn12.Cl. The van der Waals surface area contributed by atoms with E-state index in [2.05, 4.69) is 5.32 Å². The van der Waals surface area contributed by atoms with Gasteiger partial charge in [0.15, 0.2) is 0 Å². The quantitative estimate of drug-likeness (QED) is 0.386. The molecule has 6 heteroatoms. The number of halogens is 1. The van der Waals surface area contributed by atoms with Gasteiger partial charge in [-0.05, 0) is 50.8 Å². The van der Waals surface area contributed by atoms with Crippen molar-refractivity contribution in [3.8, 4) is 11.1 Å². The lowest BCUT2D eigenvalue weighted by molar-refractivity contribution is -0.117. The standard InChI is InChI=1S/C21H23N3O2.ClH/c1-23(2)13-8-12-22-21(26)20(25)19-18(16-9-4-3-5-10-16)15-17-11-6-7-14-24(17)19;/h3-7,9-11,14-15H,8,12-13H2,1-2H3,(H,22,26);1H. The minimum Gasteiger partial charge on any atom is -0.349 e. The van der Waals surface area contributed by atoms with Crippen molar-refractivity contribution in [2.45, 2.75) is 6.42 Å². The molecule has 1 amide bonds. The van der Waals surface area contributed by atoms with Gasteiger partial charge in [-0.15, -0.1) is 12.4 Å². The van der Waals surface area contributed by atoms with Gasteiger partial charge in [-0.25, -0.2) is 0 Å². The minimum atomic E-state index is -0.565. The largest absolute Gasteiger partial charge is 0.349 e. The normalized spacial score (nSPS) is 10.6. The van der Waals surface area contributed by atoms with Crippen LogP contribution in [0, 0.1) is 0 Å². The van der Waals surface area contributed by atoms with E-state index >= 15 is 0 Å². The van der Waals surface area contributed by atoms with Crippen molar-refractivity contribution in [2.24, 2.45) is 0 Å². The predicted octanol–water partition coefficient (Wildman–Crippen LogP) is 3.28. The molecule has 2 heterocycles. The van der Waals surface area contributed by atoms with Crippen molar-refractivity contribution in [3.05, 3.63) is 66.5 Å². The van der Waals surface area contributed by atoms with Gasteiger partial charge in [-0.2, -0.15) is 0 Å². The molecular formula is C21H24ClN3O2. The molecule has 0 aliphatic heterocycles. The average molecular weight is 386 g/mol. The van der Waals surface area contributed by atoms with Gasteiger partial charge in [-0.1, -0.05) is 36.4 Å². The number of rotatable bonds is 7. The molecule has 0 saturated heterocycles. The summed E-state index contributed by atoms with van der Waals surface area (Å²) in [4.78, 5) is 27.4. The van der Waals surface area contributed by atoms with E-state index in [1.54, 1.807) is 4.40 Å². The van der Waals surface area contributed by atoms with Gasteiger partial charge < -0.3 is 14.6 Å². The van der Waals surface area contributed by atoms with Gasteiger partial charge in [-0.3, -0.25) is 9.59 Å². The van der Waals surface area contributed by atoms with Crippen LogP contribution in [-0.4, -0.2) is 48.2 Å². The molecule has 1 N–H and O–H groups in total. The maximum absolute atomic E-state index is 12.9. The van der Waals surface area contributed by atoms with E-state index in [4.69, 9.17) is 0 Å². The fourth-order valence-corrected chi connectivity index (χ4v) is 2.98. The zero-order chi connectivity index (χ0) is 18.5.